The number of hydrogen-bond acceptors (Lipinski definition) is 5. The normalized spacial score (nSPS) is 20.6. The Bertz CT molecular complexity index is 1230. The standard InChI is InChI=1S/C29H28N2O4/c1-34-28(32)22-13-15-26-24(18-22)27-23(25(30-26)14-12-20-8-4-2-5-9-20)16-17-31(27)29(33)35-19-21-10-6-3-7-11-21/h2-15,18,23,25,27,30H,16-17,19H2,1H3/b14-12+/t23-,25+,27-/m0/s1. The number of rotatable bonds is 5. The van der Waals surface area contributed by atoms with Crippen LogP contribution in [0.25, 0.3) is 6.08 Å². The minimum atomic E-state index is -0.397. The third-order valence-corrected chi connectivity index (χ3v) is 6.75. The molecule has 178 valence electrons. The molecule has 0 saturated carbocycles. The van der Waals surface area contributed by atoms with Gasteiger partial charge in [0.15, 0.2) is 0 Å². The third kappa shape index (κ3) is 4.78. The Hall–Kier alpha value is -4.06. The second-order valence-corrected chi connectivity index (χ2v) is 8.86. The van der Waals surface area contributed by atoms with E-state index < -0.39 is 5.97 Å². The van der Waals surface area contributed by atoms with Gasteiger partial charge in [0.1, 0.15) is 6.61 Å². The molecule has 0 aliphatic carbocycles. The summed E-state index contributed by atoms with van der Waals surface area (Å²) in [5.41, 5.74) is 4.35. The predicted octanol–water partition coefficient (Wildman–Crippen LogP) is 5.68. The summed E-state index contributed by atoms with van der Waals surface area (Å²) in [6, 6.07) is 25.1. The lowest BCUT2D eigenvalue weighted by molar-refractivity contribution is 0.0600. The molecule has 2 aliphatic heterocycles. The molecular formula is C29H28N2O4. The lowest BCUT2D eigenvalue weighted by Crippen LogP contribution is -2.40. The summed E-state index contributed by atoms with van der Waals surface area (Å²) < 4.78 is 10.6. The highest BCUT2D eigenvalue weighted by Crippen LogP contribution is 2.47. The molecule has 1 N–H and O–H groups in total. The summed E-state index contributed by atoms with van der Waals surface area (Å²) in [7, 11) is 1.37. The van der Waals surface area contributed by atoms with Crippen LogP contribution in [0.3, 0.4) is 0 Å². The van der Waals surface area contributed by atoms with E-state index >= 15 is 0 Å². The first-order chi connectivity index (χ1) is 17.1. The minimum absolute atomic E-state index is 0.0311. The van der Waals surface area contributed by atoms with Crippen LogP contribution in [0.2, 0.25) is 0 Å². The van der Waals surface area contributed by atoms with Crippen molar-refractivity contribution in [3.8, 4) is 0 Å². The first-order valence-corrected chi connectivity index (χ1v) is 11.8. The van der Waals surface area contributed by atoms with Crippen LogP contribution in [0.15, 0.2) is 84.9 Å². The summed E-state index contributed by atoms with van der Waals surface area (Å²) in [5.74, 6) is -0.258. The molecule has 0 aromatic heterocycles. The van der Waals surface area contributed by atoms with Crippen LogP contribution in [0, 0.1) is 5.92 Å². The number of methoxy groups -OCH3 is 1. The van der Waals surface area contributed by atoms with Crippen molar-refractivity contribution < 1.29 is 19.1 Å². The van der Waals surface area contributed by atoms with Gasteiger partial charge in [-0.1, -0.05) is 72.8 Å². The van der Waals surface area contributed by atoms with Crippen molar-refractivity contribution in [3.63, 3.8) is 0 Å². The van der Waals surface area contributed by atoms with E-state index in [-0.39, 0.29) is 30.7 Å². The van der Waals surface area contributed by atoms with Crippen LogP contribution in [-0.2, 0) is 16.1 Å². The maximum Gasteiger partial charge on any atom is 0.410 e. The Labute approximate surface area is 205 Å². The fourth-order valence-corrected chi connectivity index (χ4v) is 5.04. The van der Waals surface area contributed by atoms with E-state index in [0.29, 0.717) is 12.1 Å². The van der Waals surface area contributed by atoms with Crippen molar-refractivity contribution in [2.75, 3.05) is 19.0 Å². The summed E-state index contributed by atoms with van der Waals surface area (Å²) in [4.78, 5) is 27.3. The Morgan fingerprint density at radius 1 is 1.03 bits per heavy atom. The topological polar surface area (TPSA) is 67.9 Å². The van der Waals surface area contributed by atoms with E-state index in [9.17, 15) is 9.59 Å². The molecule has 1 saturated heterocycles. The number of amides is 1. The lowest BCUT2D eigenvalue weighted by Gasteiger charge is -2.38. The summed E-state index contributed by atoms with van der Waals surface area (Å²) in [6.45, 7) is 0.806. The predicted molar refractivity (Wildman–Crippen MR) is 135 cm³/mol. The molecule has 3 aromatic carbocycles. The van der Waals surface area contributed by atoms with E-state index in [1.807, 2.05) is 60.7 Å². The number of nitrogens with one attached hydrogen (secondary N) is 1. The van der Waals surface area contributed by atoms with Gasteiger partial charge in [-0.2, -0.15) is 0 Å². The van der Waals surface area contributed by atoms with Crippen LogP contribution in [0.5, 0.6) is 0 Å². The monoisotopic (exact) mass is 468 g/mol. The molecule has 0 spiro atoms. The lowest BCUT2D eigenvalue weighted by atomic mass is 9.82. The van der Waals surface area contributed by atoms with Crippen LogP contribution >= 0.6 is 0 Å². The molecule has 6 heteroatoms. The molecule has 1 fully saturated rings. The van der Waals surface area contributed by atoms with Gasteiger partial charge in [0, 0.05) is 24.2 Å². The molecule has 2 heterocycles. The average Bonchev–Trinajstić information content (AvgIpc) is 3.37. The van der Waals surface area contributed by atoms with Crippen molar-refractivity contribution in [2.45, 2.75) is 25.1 Å². The fourth-order valence-electron chi connectivity index (χ4n) is 5.04. The first-order valence-electron chi connectivity index (χ1n) is 11.8. The molecule has 0 bridgehead atoms. The highest BCUT2D eigenvalue weighted by molar-refractivity contribution is 5.90. The van der Waals surface area contributed by atoms with E-state index in [1.165, 1.54) is 7.11 Å². The fraction of sp³-hybridized carbons (Fsp3) is 0.241. The van der Waals surface area contributed by atoms with Crippen molar-refractivity contribution >= 4 is 23.8 Å². The third-order valence-electron chi connectivity index (χ3n) is 6.75. The number of esters is 1. The van der Waals surface area contributed by atoms with Gasteiger partial charge in [0.05, 0.1) is 18.7 Å². The van der Waals surface area contributed by atoms with E-state index in [4.69, 9.17) is 9.47 Å². The van der Waals surface area contributed by atoms with Gasteiger partial charge in [-0.15, -0.1) is 0 Å². The van der Waals surface area contributed by atoms with Crippen molar-refractivity contribution in [1.82, 2.24) is 4.90 Å². The van der Waals surface area contributed by atoms with Crippen LogP contribution in [0.4, 0.5) is 10.5 Å². The van der Waals surface area contributed by atoms with Gasteiger partial charge in [0.2, 0.25) is 0 Å². The number of carbonyl (C=O) groups excluding carboxylic acids is 2. The molecule has 1 amide bonds. The zero-order chi connectivity index (χ0) is 24.2. The number of anilines is 1. The number of ether oxygens (including phenoxy) is 2. The molecule has 0 radical (unpaired) electrons. The number of benzene rings is 3. The van der Waals surface area contributed by atoms with Crippen molar-refractivity contribution in [2.24, 2.45) is 5.92 Å². The largest absolute Gasteiger partial charge is 0.465 e. The highest BCUT2D eigenvalue weighted by atomic mass is 16.6. The van der Waals surface area contributed by atoms with Crippen LogP contribution < -0.4 is 5.32 Å². The van der Waals surface area contributed by atoms with Gasteiger partial charge >= 0.3 is 12.1 Å². The molecule has 3 atom stereocenters. The van der Waals surface area contributed by atoms with E-state index in [1.54, 1.807) is 11.0 Å². The quantitative estimate of drug-likeness (QED) is 0.488. The zero-order valence-electron chi connectivity index (χ0n) is 19.6. The summed E-state index contributed by atoms with van der Waals surface area (Å²) in [6.07, 6.45) is 4.76. The molecule has 3 aromatic rings. The molecular weight excluding hydrogens is 440 g/mol. The van der Waals surface area contributed by atoms with Crippen LogP contribution in [-0.4, -0.2) is 36.7 Å². The Kier molecular flexibility index (Phi) is 6.53. The van der Waals surface area contributed by atoms with Gasteiger partial charge in [-0.3, -0.25) is 0 Å². The molecule has 2 aliphatic rings. The Morgan fingerprint density at radius 2 is 1.77 bits per heavy atom. The Balaban J connectivity index is 1.44. The number of likely N-dealkylation sites (tertiary alicyclic amines) is 1. The number of fused-ring (bicyclic) bond motifs is 3. The van der Waals surface area contributed by atoms with Crippen molar-refractivity contribution in [3.05, 3.63) is 107 Å². The number of hydrogen-bond donors (Lipinski definition) is 1. The maximum absolute atomic E-state index is 13.2. The molecule has 5 rings (SSSR count). The Morgan fingerprint density at radius 3 is 2.51 bits per heavy atom. The van der Waals surface area contributed by atoms with Gasteiger partial charge in [-0.05, 0) is 41.3 Å². The summed E-state index contributed by atoms with van der Waals surface area (Å²) >= 11 is 0. The second kappa shape index (κ2) is 10.1. The number of carbonyl (C=O) groups is 2. The number of nitrogens with zero attached hydrogens (tertiary/aromatic N) is 1. The van der Waals surface area contributed by atoms with E-state index in [2.05, 4.69) is 29.6 Å². The summed E-state index contributed by atoms with van der Waals surface area (Å²) in [5, 5.41) is 3.62. The SMILES string of the molecule is COC(=O)c1ccc2c(c1)[C@@H]1[C@@H](CCN1C(=O)OCc1ccccc1)[C@@H](/C=C/c1ccccc1)N2. The van der Waals surface area contributed by atoms with Gasteiger partial charge < -0.3 is 19.7 Å². The minimum Gasteiger partial charge on any atom is -0.465 e. The van der Waals surface area contributed by atoms with Crippen molar-refractivity contribution in [1.29, 1.82) is 0 Å². The molecule has 35 heavy (non-hydrogen) atoms. The first kappa shape index (κ1) is 22.7. The molecule has 6 nitrogen and oxygen atoms in total. The maximum atomic E-state index is 13.2. The molecule has 0 unspecified atom stereocenters. The average molecular weight is 469 g/mol. The van der Waals surface area contributed by atoms with E-state index in [0.717, 1.165) is 28.8 Å². The smallest absolute Gasteiger partial charge is 0.410 e. The van der Waals surface area contributed by atoms with Gasteiger partial charge in [0.25, 0.3) is 0 Å². The van der Waals surface area contributed by atoms with Crippen LogP contribution in [0.1, 0.15) is 39.5 Å². The van der Waals surface area contributed by atoms with Gasteiger partial charge in [-0.25, -0.2) is 9.59 Å². The second-order valence-electron chi connectivity index (χ2n) is 8.86. The zero-order valence-corrected chi connectivity index (χ0v) is 19.6. The highest BCUT2D eigenvalue weighted by Gasteiger charge is 2.46.